The quantitative estimate of drug-likeness (QED) is 0.719. The number of hydrogen-bond donors (Lipinski definition) is 2. The SMILES string of the molecule is CC[C@@H](NC(=O)Nc1cc(-c2nnc(C)o2)ccc1C)c1nc(C)no1. The van der Waals surface area contributed by atoms with Gasteiger partial charge in [-0.2, -0.15) is 4.98 Å². The summed E-state index contributed by atoms with van der Waals surface area (Å²) in [6.07, 6.45) is 0.620. The molecule has 136 valence electrons. The molecule has 2 amide bonds. The Hall–Kier alpha value is -3.23. The lowest BCUT2D eigenvalue weighted by Crippen LogP contribution is -2.32. The van der Waals surface area contributed by atoms with E-state index < -0.39 is 0 Å². The lowest BCUT2D eigenvalue weighted by atomic mass is 10.1. The molecule has 0 saturated carbocycles. The summed E-state index contributed by atoms with van der Waals surface area (Å²) in [5, 5.41) is 17.3. The van der Waals surface area contributed by atoms with Crippen LogP contribution in [0.1, 0.15) is 42.6 Å². The summed E-state index contributed by atoms with van der Waals surface area (Å²) in [5.41, 5.74) is 2.28. The van der Waals surface area contributed by atoms with Gasteiger partial charge in [-0.05, 0) is 38.0 Å². The third-order valence-corrected chi connectivity index (χ3v) is 3.81. The highest BCUT2D eigenvalue weighted by atomic mass is 16.5. The van der Waals surface area contributed by atoms with Crippen molar-refractivity contribution < 1.29 is 13.7 Å². The molecular formula is C17H20N6O3. The molecule has 1 aromatic carbocycles. The number of rotatable bonds is 5. The van der Waals surface area contributed by atoms with E-state index in [-0.39, 0.29) is 12.1 Å². The highest BCUT2D eigenvalue weighted by molar-refractivity contribution is 5.91. The predicted octanol–water partition coefficient (Wildman–Crippen LogP) is 3.32. The summed E-state index contributed by atoms with van der Waals surface area (Å²) in [6, 6.07) is 4.80. The summed E-state index contributed by atoms with van der Waals surface area (Å²) in [7, 11) is 0. The second-order valence-electron chi connectivity index (χ2n) is 5.90. The van der Waals surface area contributed by atoms with Gasteiger partial charge in [0, 0.05) is 18.2 Å². The van der Waals surface area contributed by atoms with Crippen molar-refractivity contribution in [3.05, 3.63) is 41.4 Å². The van der Waals surface area contributed by atoms with Crippen molar-refractivity contribution >= 4 is 11.7 Å². The van der Waals surface area contributed by atoms with E-state index in [1.165, 1.54) is 0 Å². The number of nitrogens with one attached hydrogen (secondary N) is 2. The van der Waals surface area contributed by atoms with Crippen molar-refractivity contribution in [2.75, 3.05) is 5.32 Å². The first-order chi connectivity index (χ1) is 12.5. The largest absolute Gasteiger partial charge is 0.421 e. The Morgan fingerprint density at radius 3 is 2.65 bits per heavy atom. The first-order valence-electron chi connectivity index (χ1n) is 8.25. The van der Waals surface area contributed by atoms with Gasteiger partial charge in [-0.1, -0.05) is 18.1 Å². The van der Waals surface area contributed by atoms with Crippen LogP contribution in [0, 0.1) is 20.8 Å². The number of amides is 2. The zero-order valence-corrected chi connectivity index (χ0v) is 15.0. The minimum Gasteiger partial charge on any atom is -0.421 e. The molecule has 0 saturated heterocycles. The second kappa shape index (κ2) is 7.34. The van der Waals surface area contributed by atoms with E-state index in [1.54, 1.807) is 19.9 Å². The van der Waals surface area contributed by atoms with Gasteiger partial charge in [0.1, 0.15) is 6.04 Å². The van der Waals surface area contributed by atoms with Gasteiger partial charge in [-0.15, -0.1) is 10.2 Å². The zero-order valence-electron chi connectivity index (χ0n) is 15.0. The Balaban J connectivity index is 1.74. The van der Waals surface area contributed by atoms with Crippen LogP contribution in [0.25, 0.3) is 11.5 Å². The summed E-state index contributed by atoms with van der Waals surface area (Å²) in [4.78, 5) is 16.6. The second-order valence-corrected chi connectivity index (χ2v) is 5.90. The lowest BCUT2D eigenvalue weighted by molar-refractivity contribution is 0.243. The first kappa shape index (κ1) is 17.6. The number of nitrogens with zero attached hydrogens (tertiary/aromatic N) is 4. The van der Waals surface area contributed by atoms with Crippen molar-refractivity contribution in [1.82, 2.24) is 25.7 Å². The van der Waals surface area contributed by atoms with Crippen LogP contribution in [-0.2, 0) is 0 Å². The molecule has 0 aliphatic carbocycles. The van der Waals surface area contributed by atoms with Gasteiger partial charge in [-0.25, -0.2) is 4.79 Å². The molecule has 26 heavy (non-hydrogen) atoms. The average Bonchev–Trinajstić information content (AvgIpc) is 3.23. The number of benzene rings is 1. The number of carbonyl (C=O) groups is 1. The maximum Gasteiger partial charge on any atom is 0.319 e. The predicted molar refractivity (Wildman–Crippen MR) is 93.4 cm³/mol. The summed E-state index contributed by atoms with van der Waals surface area (Å²) in [5.74, 6) is 1.79. The normalized spacial score (nSPS) is 12.0. The number of hydrogen-bond acceptors (Lipinski definition) is 7. The van der Waals surface area contributed by atoms with Crippen LogP contribution < -0.4 is 10.6 Å². The van der Waals surface area contributed by atoms with Crippen LogP contribution >= 0.6 is 0 Å². The Morgan fingerprint density at radius 1 is 1.23 bits per heavy atom. The molecule has 0 bridgehead atoms. The molecule has 2 N–H and O–H groups in total. The monoisotopic (exact) mass is 356 g/mol. The highest BCUT2D eigenvalue weighted by Gasteiger charge is 2.19. The fourth-order valence-electron chi connectivity index (χ4n) is 2.41. The first-order valence-corrected chi connectivity index (χ1v) is 8.25. The maximum absolute atomic E-state index is 12.4. The van der Waals surface area contributed by atoms with Gasteiger partial charge >= 0.3 is 6.03 Å². The van der Waals surface area contributed by atoms with E-state index in [1.807, 2.05) is 26.0 Å². The van der Waals surface area contributed by atoms with E-state index in [9.17, 15) is 4.79 Å². The molecule has 1 atom stereocenters. The number of anilines is 1. The van der Waals surface area contributed by atoms with E-state index in [0.717, 1.165) is 11.1 Å². The van der Waals surface area contributed by atoms with Crippen LogP contribution in [0.2, 0.25) is 0 Å². The molecule has 0 radical (unpaired) electrons. The summed E-state index contributed by atoms with van der Waals surface area (Å²) >= 11 is 0. The molecule has 2 heterocycles. The smallest absolute Gasteiger partial charge is 0.319 e. The molecule has 9 heteroatoms. The molecule has 2 aromatic heterocycles. The number of carbonyl (C=O) groups excluding carboxylic acids is 1. The molecule has 0 fully saturated rings. The Morgan fingerprint density at radius 2 is 2.04 bits per heavy atom. The van der Waals surface area contributed by atoms with Crippen LogP contribution in [-0.4, -0.2) is 26.4 Å². The van der Waals surface area contributed by atoms with Crippen LogP contribution in [0.3, 0.4) is 0 Å². The molecule has 9 nitrogen and oxygen atoms in total. The fraction of sp³-hybridized carbons (Fsp3) is 0.353. The van der Waals surface area contributed by atoms with Crippen LogP contribution in [0.15, 0.2) is 27.1 Å². The molecule has 3 aromatic rings. The van der Waals surface area contributed by atoms with E-state index in [2.05, 4.69) is 31.0 Å². The summed E-state index contributed by atoms with van der Waals surface area (Å²) < 4.78 is 10.6. The molecule has 3 rings (SSSR count). The molecule has 0 aliphatic heterocycles. The lowest BCUT2D eigenvalue weighted by Gasteiger charge is -2.15. The Kier molecular flexibility index (Phi) is 4.97. The summed E-state index contributed by atoms with van der Waals surface area (Å²) in [6.45, 7) is 7.28. The average molecular weight is 356 g/mol. The van der Waals surface area contributed by atoms with Crippen molar-refractivity contribution in [3.8, 4) is 11.5 Å². The molecular weight excluding hydrogens is 336 g/mol. The molecule has 0 unspecified atom stereocenters. The minimum atomic E-state index is -0.366. The maximum atomic E-state index is 12.4. The third-order valence-electron chi connectivity index (χ3n) is 3.81. The van der Waals surface area contributed by atoms with Gasteiger partial charge in [-0.3, -0.25) is 0 Å². The van der Waals surface area contributed by atoms with Crippen LogP contribution in [0.4, 0.5) is 10.5 Å². The Labute approximate surface area is 150 Å². The van der Waals surface area contributed by atoms with Gasteiger partial charge in [0.15, 0.2) is 5.82 Å². The topological polar surface area (TPSA) is 119 Å². The highest BCUT2D eigenvalue weighted by Crippen LogP contribution is 2.25. The molecule has 0 spiro atoms. The van der Waals surface area contributed by atoms with E-state index in [0.29, 0.717) is 35.6 Å². The number of aromatic nitrogens is 4. The van der Waals surface area contributed by atoms with Crippen molar-refractivity contribution in [3.63, 3.8) is 0 Å². The van der Waals surface area contributed by atoms with Gasteiger partial charge < -0.3 is 19.6 Å². The van der Waals surface area contributed by atoms with Gasteiger partial charge in [0.2, 0.25) is 17.7 Å². The number of urea groups is 1. The standard InChI is InChI=1S/C17H20N6O3/c1-5-13(16-18-10(3)23-26-16)19-17(24)20-14-8-12(7-6-9(14)2)15-22-21-11(4)25-15/h6-8,13H,5H2,1-4H3,(H2,19,20,24)/t13-/m1/s1. The fourth-order valence-corrected chi connectivity index (χ4v) is 2.41. The van der Waals surface area contributed by atoms with E-state index in [4.69, 9.17) is 8.94 Å². The van der Waals surface area contributed by atoms with E-state index >= 15 is 0 Å². The zero-order chi connectivity index (χ0) is 18.7. The molecule has 0 aliphatic rings. The van der Waals surface area contributed by atoms with Crippen LogP contribution in [0.5, 0.6) is 0 Å². The van der Waals surface area contributed by atoms with Gasteiger partial charge in [0.05, 0.1) is 0 Å². The van der Waals surface area contributed by atoms with Crippen molar-refractivity contribution in [2.24, 2.45) is 0 Å². The number of aryl methyl sites for hydroxylation is 3. The van der Waals surface area contributed by atoms with Gasteiger partial charge in [0.25, 0.3) is 0 Å². The van der Waals surface area contributed by atoms with Crippen molar-refractivity contribution in [1.29, 1.82) is 0 Å². The Bertz CT molecular complexity index is 917. The minimum absolute atomic E-state index is 0.363. The van der Waals surface area contributed by atoms with Crippen molar-refractivity contribution in [2.45, 2.75) is 40.2 Å². The third kappa shape index (κ3) is 3.88.